The molecule has 0 aromatic carbocycles. The van der Waals surface area contributed by atoms with Gasteiger partial charge in [0.1, 0.15) is 18.1 Å². The summed E-state index contributed by atoms with van der Waals surface area (Å²) in [4.78, 5) is 18.1. The molecule has 2 aromatic heterocycles. The molecule has 1 amide bonds. The first-order valence-electron chi connectivity index (χ1n) is 6.05. The first kappa shape index (κ1) is 14.3. The minimum atomic E-state index is -0.216. The number of aromatic nitrogens is 1. The van der Waals surface area contributed by atoms with E-state index in [9.17, 15) is 4.79 Å². The van der Waals surface area contributed by atoms with Crippen molar-refractivity contribution in [3.63, 3.8) is 0 Å². The summed E-state index contributed by atoms with van der Waals surface area (Å²) >= 11 is 1.46. The van der Waals surface area contributed by atoms with E-state index in [2.05, 4.69) is 22.1 Å². The molecule has 0 radical (unpaired) electrons. The standard InChI is InChI=1S/C15H14N2O2S/c1-10-9-13(20-11(10)2)15(19)17-14-7-3-5-12(16-14)6-4-8-18/h3,5,7,9,18H,8H2,1-2H3,(H,16,17,19). The third-order valence-corrected chi connectivity index (χ3v) is 3.83. The van der Waals surface area contributed by atoms with Crippen molar-refractivity contribution in [3.8, 4) is 11.8 Å². The maximum Gasteiger partial charge on any atom is 0.266 e. The molecule has 2 heterocycles. The highest BCUT2D eigenvalue weighted by Gasteiger charge is 2.11. The van der Waals surface area contributed by atoms with Crippen molar-refractivity contribution in [1.82, 2.24) is 4.98 Å². The lowest BCUT2D eigenvalue weighted by Gasteiger charge is -2.02. The summed E-state index contributed by atoms with van der Waals surface area (Å²) in [6.45, 7) is 3.75. The summed E-state index contributed by atoms with van der Waals surface area (Å²) in [7, 11) is 0. The normalized spacial score (nSPS) is 9.75. The minimum absolute atomic E-state index is 0.175. The Bertz CT molecular complexity index is 676. The third kappa shape index (κ3) is 3.44. The van der Waals surface area contributed by atoms with Gasteiger partial charge in [0.2, 0.25) is 0 Å². The molecule has 0 spiro atoms. The highest BCUT2D eigenvalue weighted by molar-refractivity contribution is 7.14. The van der Waals surface area contributed by atoms with Crippen LogP contribution in [0.4, 0.5) is 5.82 Å². The number of aryl methyl sites for hydroxylation is 2. The number of aliphatic hydroxyl groups excluding tert-OH is 1. The smallest absolute Gasteiger partial charge is 0.266 e. The second-order valence-electron chi connectivity index (χ2n) is 4.17. The molecule has 20 heavy (non-hydrogen) atoms. The Kier molecular flexibility index (Phi) is 4.51. The molecule has 0 saturated carbocycles. The molecule has 2 N–H and O–H groups in total. The van der Waals surface area contributed by atoms with Crippen molar-refractivity contribution in [2.24, 2.45) is 0 Å². The largest absolute Gasteiger partial charge is 0.384 e. The highest BCUT2D eigenvalue weighted by Crippen LogP contribution is 2.21. The average Bonchev–Trinajstić information content (AvgIpc) is 2.77. The number of hydrogen-bond acceptors (Lipinski definition) is 4. The van der Waals surface area contributed by atoms with Crippen molar-refractivity contribution in [1.29, 1.82) is 0 Å². The van der Waals surface area contributed by atoms with Crippen molar-refractivity contribution in [2.45, 2.75) is 13.8 Å². The van der Waals surface area contributed by atoms with Gasteiger partial charge in [-0.05, 0) is 43.5 Å². The van der Waals surface area contributed by atoms with Crippen LogP contribution in [0.5, 0.6) is 0 Å². The number of rotatable bonds is 2. The average molecular weight is 286 g/mol. The number of carbonyl (C=O) groups is 1. The van der Waals surface area contributed by atoms with Crippen molar-refractivity contribution >= 4 is 23.1 Å². The maximum atomic E-state index is 12.1. The van der Waals surface area contributed by atoms with Crippen LogP contribution in [-0.4, -0.2) is 22.6 Å². The van der Waals surface area contributed by atoms with Gasteiger partial charge in [-0.3, -0.25) is 4.79 Å². The van der Waals surface area contributed by atoms with Gasteiger partial charge in [-0.15, -0.1) is 11.3 Å². The van der Waals surface area contributed by atoms with Crippen LogP contribution >= 0.6 is 11.3 Å². The number of thiophene rings is 1. The van der Waals surface area contributed by atoms with E-state index in [4.69, 9.17) is 5.11 Å². The zero-order valence-electron chi connectivity index (χ0n) is 11.2. The molecule has 0 aliphatic carbocycles. The Labute approximate surface area is 121 Å². The SMILES string of the molecule is Cc1cc(C(=O)Nc2cccc(C#CCO)n2)sc1C. The van der Waals surface area contributed by atoms with Crippen LogP contribution in [0.25, 0.3) is 0 Å². The van der Waals surface area contributed by atoms with Crippen molar-refractivity contribution in [2.75, 3.05) is 11.9 Å². The number of pyridine rings is 1. The van der Waals surface area contributed by atoms with Gasteiger partial charge in [0.25, 0.3) is 5.91 Å². The molecule has 0 unspecified atom stereocenters. The van der Waals surface area contributed by atoms with Gasteiger partial charge in [-0.2, -0.15) is 0 Å². The van der Waals surface area contributed by atoms with Crippen LogP contribution in [0, 0.1) is 25.7 Å². The molecule has 0 aliphatic rings. The van der Waals surface area contributed by atoms with Gasteiger partial charge < -0.3 is 10.4 Å². The zero-order valence-corrected chi connectivity index (χ0v) is 12.0. The van der Waals surface area contributed by atoms with Crippen molar-refractivity contribution < 1.29 is 9.90 Å². The fourth-order valence-corrected chi connectivity index (χ4v) is 2.50. The first-order chi connectivity index (χ1) is 9.60. The van der Waals surface area contributed by atoms with Crippen LogP contribution in [0.15, 0.2) is 24.3 Å². The van der Waals surface area contributed by atoms with Crippen LogP contribution in [-0.2, 0) is 0 Å². The Morgan fingerprint density at radius 2 is 2.25 bits per heavy atom. The Morgan fingerprint density at radius 1 is 1.45 bits per heavy atom. The number of amides is 1. The van der Waals surface area contributed by atoms with E-state index in [0.717, 1.165) is 10.4 Å². The van der Waals surface area contributed by atoms with E-state index < -0.39 is 0 Å². The van der Waals surface area contributed by atoms with Crippen LogP contribution < -0.4 is 5.32 Å². The van der Waals surface area contributed by atoms with E-state index in [1.807, 2.05) is 19.9 Å². The van der Waals surface area contributed by atoms with E-state index in [0.29, 0.717) is 16.4 Å². The number of hydrogen-bond donors (Lipinski definition) is 2. The number of nitrogens with zero attached hydrogens (tertiary/aromatic N) is 1. The van der Waals surface area contributed by atoms with E-state index >= 15 is 0 Å². The molecule has 102 valence electrons. The summed E-state index contributed by atoms with van der Waals surface area (Å²) < 4.78 is 0. The molecular formula is C15H14N2O2S. The van der Waals surface area contributed by atoms with Gasteiger partial charge >= 0.3 is 0 Å². The quantitative estimate of drug-likeness (QED) is 0.833. The Morgan fingerprint density at radius 3 is 2.90 bits per heavy atom. The van der Waals surface area contributed by atoms with Gasteiger partial charge in [0, 0.05) is 4.88 Å². The fraction of sp³-hybridized carbons (Fsp3) is 0.200. The summed E-state index contributed by atoms with van der Waals surface area (Å²) in [5.41, 5.74) is 1.62. The number of anilines is 1. The lowest BCUT2D eigenvalue weighted by atomic mass is 10.3. The van der Waals surface area contributed by atoms with E-state index in [-0.39, 0.29) is 12.5 Å². The highest BCUT2D eigenvalue weighted by atomic mass is 32.1. The molecule has 4 nitrogen and oxygen atoms in total. The second kappa shape index (κ2) is 6.33. The molecule has 5 heteroatoms. The molecule has 0 fully saturated rings. The van der Waals surface area contributed by atoms with Gasteiger partial charge in [0.05, 0.1) is 4.88 Å². The van der Waals surface area contributed by atoms with Crippen LogP contribution in [0.3, 0.4) is 0 Å². The lowest BCUT2D eigenvalue weighted by molar-refractivity contribution is 0.103. The topological polar surface area (TPSA) is 62.2 Å². The summed E-state index contributed by atoms with van der Waals surface area (Å²) in [5.74, 6) is 5.49. The number of aliphatic hydroxyl groups is 1. The Hall–Kier alpha value is -2.16. The predicted molar refractivity (Wildman–Crippen MR) is 79.9 cm³/mol. The summed E-state index contributed by atoms with van der Waals surface area (Å²) in [6, 6.07) is 7.05. The molecule has 0 aliphatic heterocycles. The summed E-state index contributed by atoms with van der Waals surface area (Å²) in [6.07, 6.45) is 0. The lowest BCUT2D eigenvalue weighted by Crippen LogP contribution is -2.11. The van der Waals surface area contributed by atoms with Gasteiger partial charge in [0.15, 0.2) is 0 Å². The molecule has 0 bridgehead atoms. The van der Waals surface area contributed by atoms with Crippen LogP contribution in [0.1, 0.15) is 25.8 Å². The zero-order chi connectivity index (χ0) is 14.5. The molecule has 0 saturated heterocycles. The number of nitrogens with one attached hydrogen (secondary N) is 1. The van der Waals surface area contributed by atoms with Crippen molar-refractivity contribution in [3.05, 3.63) is 45.3 Å². The Balaban J connectivity index is 2.15. The maximum absolute atomic E-state index is 12.1. The van der Waals surface area contributed by atoms with Gasteiger partial charge in [-0.25, -0.2) is 4.98 Å². The minimum Gasteiger partial charge on any atom is -0.384 e. The molecular weight excluding hydrogens is 272 g/mol. The molecule has 2 aromatic rings. The monoisotopic (exact) mass is 286 g/mol. The first-order valence-corrected chi connectivity index (χ1v) is 6.87. The number of carbonyl (C=O) groups excluding carboxylic acids is 1. The van der Waals surface area contributed by atoms with E-state index in [1.165, 1.54) is 11.3 Å². The van der Waals surface area contributed by atoms with E-state index in [1.54, 1.807) is 18.2 Å². The van der Waals surface area contributed by atoms with Gasteiger partial charge in [-0.1, -0.05) is 12.0 Å². The van der Waals surface area contributed by atoms with Crippen LogP contribution in [0.2, 0.25) is 0 Å². The predicted octanol–water partition coefficient (Wildman–Crippen LogP) is 2.36. The second-order valence-corrected chi connectivity index (χ2v) is 5.43. The summed E-state index contributed by atoms with van der Waals surface area (Å²) in [5, 5.41) is 11.4. The fourth-order valence-electron chi connectivity index (χ4n) is 1.57. The molecule has 0 atom stereocenters. The molecule has 2 rings (SSSR count). The third-order valence-electron chi connectivity index (χ3n) is 2.68.